The smallest absolute Gasteiger partial charge is 0.371 e. The Hall–Kier alpha value is -2.79. The summed E-state index contributed by atoms with van der Waals surface area (Å²) in [4.78, 5) is 10.9. The highest BCUT2D eigenvalue weighted by molar-refractivity contribution is 6.30. The fourth-order valence-corrected chi connectivity index (χ4v) is 2.54. The minimum Gasteiger partial charge on any atom is -0.489 e. The molecule has 1 heterocycles. The van der Waals surface area contributed by atoms with E-state index >= 15 is 0 Å². The maximum absolute atomic E-state index is 13.0. The summed E-state index contributed by atoms with van der Waals surface area (Å²) in [6.45, 7) is 0.271. The first-order valence-corrected chi connectivity index (χ1v) is 7.87. The van der Waals surface area contributed by atoms with Crippen molar-refractivity contribution in [1.29, 1.82) is 0 Å². The molecule has 0 aliphatic heterocycles. The molecular formula is C19H14ClFO4. The molecule has 0 saturated heterocycles. The van der Waals surface area contributed by atoms with Gasteiger partial charge in [0, 0.05) is 17.0 Å². The zero-order chi connectivity index (χ0) is 17.8. The lowest BCUT2D eigenvalue weighted by Gasteiger charge is -2.11. The largest absolute Gasteiger partial charge is 0.489 e. The minimum atomic E-state index is -1.12. The number of aromatic carboxylic acids is 1. The highest BCUT2D eigenvalue weighted by Crippen LogP contribution is 2.27. The Morgan fingerprint density at radius 3 is 2.56 bits per heavy atom. The summed E-state index contributed by atoms with van der Waals surface area (Å²) < 4.78 is 24.0. The van der Waals surface area contributed by atoms with Gasteiger partial charge in [0.15, 0.2) is 0 Å². The lowest BCUT2D eigenvalue weighted by molar-refractivity contribution is 0.0660. The number of hydrogen-bond donors (Lipinski definition) is 1. The second-order valence-electron chi connectivity index (χ2n) is 5.42. The van der Waals surface area contributed by atoms with E-state index in [4.69, 9.17) is 25.9 Å². The highest BCUT2D eigenvalue weighted by atomic mass is 35.5. The molecule has 0 fully saturated rings. The number of carboxylic acids is 1. The summed E-state index contributed by atoms with van der Waals surface area (Å²) in [6.07, 6.45) is 0.340. The SMILES string of the molecule is O=C(O)c1ccc(Cc2cc(Cl)ccc2OCc2ccc(F)cc2)o1. The van der Waals surface area contributed by atoms with E-state index in [2.05, 4.69) is 0 Å². The lowest BCUT2D eigenvalue weighted by Crippen LogP contribution is -1.99. The number of ether oxygens (including phenoxy) is 1. The van der Waals surface area contributed by atoms with Gasteiger partial charge in [-0.25, -0.2) is 9.18 Å². The number of halogens is 2. The Balaban J connectivity index is 1.77. The van der Waals surface area contributed by atoms with Crippen molar-refractivity contribution in [2.24, 2.45) is 0 Å². The van der Waals surface area contributed by atoms with Crippen LogP contribution < -0.4 is 4.74 Å². The Labute approximate surface area is 148 Å². The maximum atomic E-state index is 13.0. The van der Waals surface area contributed by atoms with Crippen LogP contribution in [0.3, 0.4) is 0 Å². The zero-order valence-corrected chi connectivity index (χ0v) is 13.8. The Morgan fingerprint density at radius 2 is 1.88 bits per heavy atom. The Kier molecular flexibility index (Phi) is 5.05. The zero-order valence-electron chi connectivity index (χ0n) is 13.0. The standard InChI is InChI=1S/C19H14ClFO4/c20-14-3-7-17(24-11-12-1-4-15(21)5-2-12)13(9-14)10-16-6-8-18(25-16)19(22)23/h1-9H,10-11H2,(H,22,23). The summed E-state index contributed by atoms with van der Waals surface area (Å²) in [6, 6.07) is 14.2. The number of furan rings is 1. The first-order chi connectivity index (χ1) is 12.0. The monoisotopic (exact) mass is 360 g/mol. The van der Waals surface area contributed by atoms with Gasteiger partial charge in [-0.2, -0.15) is 0 Å². The van der Waals surface area contributed by atoms with Crippen molar-refractivity contribution in [1.82, 2.24) is 0 Å². The van der Waals surface area contributed by atoms with Crippen molar-refractivity contribution >= 4 is 17.6 Å². The average molecular weight is 361 g/mol. The quantitative estimate of drug-likeness (QED) is 0.676. The first-order valence-electron chi connectivity index (χ1n) is 7.49. The van der Waals surface area contributed by atoms with Gasteiger partial charge >= 0.3 is 5.97 Å². The van der Waals surface area contributed by atoms with Gasteiger partial charge in [-0.1, -0.05) is 23.7 Å². The van der Waals surface area contributed by atoms with Crippen LogP contribution in [0.25, 0.3) is 0 Å². The van der Waals surface area contributed by atoms with Gasteiger partial charge in [-0.3, -0.25) is 0 Å². The van der Waals surface area contributed by atoms with Crippen LogP contribution in [0.1, 0.15) is 27.4 Å². The first kappa shape index (κ1) is 17.0. The second kappa shape index (κ2) is 7.40. The predicted octanol–water partition coefficient (Wildman–Crippen LogP) is 4.94. The molecular weight excluding hydrogens is 347 g/mol. The van der Waals surface area contributed by atoms with Crippen molar-refractivity contribution in [2.75, 3.05) is 0 Å². The van der Waals surface area contributed by atoms with Crippen molar-refractivity contribution in [3.63, 3.8) is 0 Å². The fourth-order valence-electron chi connectivity index (χ4n) is 2.34. The van der Waals surface area contributed by atoms with Crippen LogP contribution in [0.2, 0.25) is 5.02 Å². The van der Waals surface area contributed by atoms with E-state index < -0.39 is 5.97 Å². The van der Waals surface area contributed by atoms with E-state index in [0.29, 0.717) is 23.0 Å². The number of hydrogen-bond acceptors (Lipinski definition) is 3. The normalized spacial score (nSPS) is 10.6. The van der Waals surface area contributed by atoms with E-state index in [1.165, 1.54) is 18.2 Å². The molecule has 128 valence electrons. The molecule has 0 radical (unpaired) electrons. The van der Waals surface area contributed by atoms with Gasteiger partial charge in [-0.05, 0) is 48.0 Å². The van der Waals surface area contributed by atoms with E-state index in [9.17, 15) is 9.18 Å². The molecule has 0 bridgehead atoms. The second-order valence-corrected chi connectivity index (χ2v) is 5.85. The van der Waals surface area contributed by atoms with Crippen molar-refractivity contribution in [2.45, 2.75) is 13.0 Å². The third-order valence-electron chi connectivity index (χ3n) is 3.57. The predicted molar refractivity (Wildman–Crippen MR) is 90.7 cm³/mol. The van der Waals surface area contributed by atoms with E-state index in [-0.39, 0.29) is 18.2 Å². The lowest BCUT2D eigenvalue weighted by atomic mass is 10.1. The molecule has 3 aromatic rings. The highest BCUT2D eigenvalue weighted by Gasteiger charge is 2.12. The maximum Gasteiger partial charge on any atom is 0.371 e. The van der Waals surface area contributed by atoms with Crippen LogP contribution in [0.15, 0.2) is 59.0 Å². The van der Waals surface area contributed by atoms with E-state index in [1.807, 2.05) is 0 Å². The molecule has 6 heteroatoms. The number of benzene rings is 2. The molecule has 0 saturated carbocycles. The summed E-state index contributed by atoms with van der Waals surface area (Å²) in [5, 5.41) is 9.46. The molecule has 0 spiro atoms. The van der Waals surface area contributed by atoms with Crippen LogP contribution in [0.4, 0.5) is 4.39 Å². The topological polar surface area (TPSA) is 59.7 Å². The molecule has 2 aromatic carbocycles. The van der Waals surface area contributed by atoms with Crippen molar-refractivity contribution in [3.05, 3.63) is 88.1 Å². The van der Waals surface area contributed by atoms with Gasteiger partial charge in [0.1, 0.15) is 23.9 Å². The third kappa shape index (κ3) is 4.39. The fraction of sp³-hybridized carbons (Fsp3) is 0.105. The van der Waals surface area contributed by atoms with Crippen LogP contribution >= 0.6 is 11.6 Å². The third-order valence-corrected chi connectivity index (χ3v) is 3.80. The van der Waals surface area contributed by atoms with Crippen molar-refractivity contribution in [3.8, 4) is 5.75 Å². The van der Waals surface area contributed by atoms with Gasteiger partial charge in [0.25, 0.3) is 0 Å². The molecule has 0 amide bonds. The number of carboxylic acid groups (broad SMARTS) is 1. The number of carbonyl (C=O) groups is 1. The van der Waals surface area contributed by atoms with Crippen LogP contribution in [-0.4, -0.2) is 11.1 Å². The molecule has 25 heavy (non-hydrogen) atoms. The molecule has 4 nitrogen and oxygen atoms in total. The van der Waals surface area contributed by atoms with Gasteiger partial charge in [0.05, 0.1) is 0 Å². The van der Waals surface area contributed by atoms with Gasteiger partial charge < -0.3 is 14.3 Å². The van der Waals surface area contributed by atoms with Crippen LogP contribution in [-0.2, 0) is 13.0 Å². The Bertz CT molecular complexity index is 887. The summed E-state index contributed by atoms with van der Waals surface area (Å²) in [5.74, 6) is -0.452. The molecule has 0 unspecified atom stereocenters. The molecule has 0 aliphatic rings. The summed E-state index contributed by atoms with van der Waals surface area (Å²) in [7, 11) is 0. The van der Waals surface area contributed by atoms with Gasteiger partial charge in [0.2, 0.25) is 5.76 Å². The Morgan fingerprint density at radius 1 is 1.12 bits per heavy atom. The average Bonchev–Trinajstić information content (AvgIpc) is 3.04. The molecule has 0 atom stereocenters. The van der Waals surface area contributed by atoms with Gasteiger partial charge in [-0.15, -0.1) is 0 Å². The van der Waals surface area contributed by atoms with E-state index in [0.717, 1.165) is 11.1 Å². The van der Waals surface area contributed by atoms with Crippen LogP contribution in [0, 0.1) is 5.82 Å². The minimum absolute atomic E-state index is 0.120. The molecule has 1 aromatic heterocycles. The number of rotatable bonds is 6. The summed E-state index contributed by atoms with van der Waals surface area (Å²) >= 11 is 6.05. The van der Waals surface area contributed by atoms with E-state index in [1.54, 1.807) is 36.4 Å². The molecule has 3 rings (SSSR count). The molecule has 1 N–H and O–H groups in total. The summed E-state index contributed by atoms with van der Waals surface area (Å²) in [5.41, 5.74) is 1.59. The van der Waals surface area contributed by atoms with Crippen LogP contribution in [0.5, 0.6) is 5.75 Å². The van der Waals surface area contributed by atoms with Crippen molar-refractivity contribution < 1.29 is 23.4 Å². The molecule has 0 aliphatic carbocycles.